The number of amides is 1. The van der Waals surface area contributed by atoms with Gasteiger partial charge in [-0.05, 0) is 24.7 Å². The molecule has 0 bridgehead atoms. The van der Waals surface area contributed by atoms with Crippen molar-refractivity contribution in [2.75, 3.05) is 18.8 Å². The number of thioether (sulfide) groups is 1. The van der Waals surface area contributed by atoms with E-state index in [1.807, 2.05) is 41.0 Å². The molecule has 1 saturated carbocycles. The van der Waals surface area contributed by atoms with E-state index in [1.54, 1.807) is 0 Å². The van der Waals surface area contributed by atoms with Gasteiger partial charge in [0, 0.05) is 25.2 Å². The average molecular weight is 397 g/mol. The van der Waals surface area contributed by atoms with Gasteiger partial charge in [-0.1, -0.05) is 67.4 Å². The standard InChI is InChI=1S/C22H28N4OS/c1-2-13-26-21(18-9-4-3-5-10-18)23-24-22(26)28-16-20(27)25-14-12-17-8-6-7-11-19(17)15-25/h2-5,9-10,17,19H,1,6-8,11-16H2/t17-,19+/m1/s1. The molecule has 0 N–H and O–H groups in total. The Balaban J connectivity index is 1.41. The third-order valence-corrected chi connectivity index (χ3v) is 6.98. The molecule has 2 heterocycles. The molecule has 148 valence electrons. The van der Waals surface area contributed by atoms with Gasteiger partial charge in [0.15, 0.2) is 11.0 Å². The second-order valence-corrected chi connectivity index (χ2v) is 8.74. The number of nitrogens with zero attached hydrogens (tertiary/aromatic N) is 4. The number of hydrogen-bond acceptors (Lipinski definition) is 4. The monoisotopic (exact) mass is 396 g/mol. The van der Waals surface area contributed by atoms with Gasteiger partial charge >= 0.3 is 0 Å². The maximum absolute atomic E-state index is 12.8. The van der Waals surface area contributed by atoms with Crippen molar-refractivity contribution in [3.05, 3.63) is 43.0 Å². The van der Waals surface area contributed by atoms with Crippen LogP contribution in [0.2, 0.25) is 0 Å². The first-order chi connectivity index (χ1) is 13.8. The van der Waals surface area contributed by atoms with Crippen molar-refractivity contribution in [3.8, 4) is 11.4 Å². The minimum absolute atomic E-state index is 0.225. The van der Waals surface area contributed by atoms with Gasteiger partial charge in [-0.25, -0.2) is 0 Å². The molecular formula is C22H28N4OS. The number of aromatic nitrogens is 3. The Kier molecular flexibility index (Phi) is 6.15. The number of rotatable bonds is 6. The Labute approximate surface area is 171 Å². The molecule has 1 aromatic carbocycles. The normalized spacial score (nSPS) is 21.9. The van der Waals surface area contributed by atoms with E-state index in [0.29, 0.717) is 18.2 Å². The molecule has 28 heavy (non-hydrogen) atoms. The molecule has 6 heteroatoms. The zero-order chi connectivity index (χ0) is 19.3. The Morgan fingerprint density at radius 1 is 1.14 bits per heavy atom. The van der Waals surface area contributed by atoms with E-state index in [1.165, 1.54) is 43.9 Å². The van der Waals surface area contributed by atoms with Gasteiger partial charge in [0.05, 0.1) is 5.75 Å². The lowest BCUT2D eigenvalue weighted by atomic mass is 9.75. The highest BCUT2D eigenvalue weighted by atomic mass is 32.2. The number of carbonyl (C=O) groups is 1. The number of likely N-dealkylation sites (tertiary alicyclic amines) is 1. The summed E-state index contributed by atoms with van der Waals surface area (Å²) in [5, 5.41) is 9.50. The number of allylic oxidation sites excluding steroid dienone is 1. The highest BCUT2D eigenvalue weighted by molar-refractivity contribution is 7.99. The highest BCUT2D eigenvalue weighted by Crippen LogP contribution is 2.36. The largest absolute Gasteiger partial charge is 0.342 e. The quantitative estimate of drug-likeness (QED) is 0.541. The van der Waals surface area contributed by atoms with Crippen molar-refractivity contribution < 1.29 is 4.79 Å². The molecule has 0 spiro atoms. The van der Waals surface area contributed by atoms with Gasteiger partial charge in [0.2, 0.25) is 5.91 Å². The van der Waals surface area contributed by atoms with Crippen LogP contribution in [-0.2, 0) is 11.3 Å². The van der Waals surface area contributed by atoms with Crippen LogP contribution in [0.15, 0.2) is 48.1 Å². The molecule has 4 rings (SSSR count). The molecule has 1 aliphatic heterocycles. The van der Waals surface area contributed by atoms with Crippen LogP contribution in [0.4, 0.5) is 0 Å². The predicted octanol–water partition coefficient (Wildman–Crippen LogP) is 4.26. The molecule has 1 aromatic heterocycles. The van der Waals surface area contributed by atoms with Crippen molar-refractivity contribution in [1.29, 1.82) is 0 Å². The van der Waals surface area contributed by atoms with Gasteiger partial charge in [-0.2, -0.15) is 0 Å². The molecule has 0 unspecified atom stereocenters. The topological polar surface area (TPSA) is 51.0 Å². The number of carbonyl (C=O) groups excluding carboxylic acids is 1. The zero-order valence-electron chi connectivity index (χ0n) is 16.3. The first-order valence-corrected chi connectivity index (χ1v) is 11.2. The Morgan fingerprint density at radius 2 is 1.93 bits per heavy atom. The maximum atomic E-state index is 12.8. The van der Waals surface area contributed by atoms with E-state index in [2.05, 4.69) is 21.7 Å². The highest BCUT2D eigenvalue weighted by Gasteiger charge is 2.32. The summed E-state index contributed by atoms with van der Waals surface area (Å²) in [7, 11) is 0. The van der Waals surface area contributed by atoms with Gasteiger partial charge in [0.25, 0.3) is 0 Å². The molecule has 2 aromatic rings. The third-order valence-electron chi connectivity index (χ3n) is 6.03. The number of hydrogen-bond donors (Lipinski definition) is 0. The van der Waals surface area contributed by atoms with Crippen molar-refractivity contribution in [1.82, 2.24) is 19.7 Å². The fourth-order valence-electron chi connectivity index (χ4n) is 4.53. The Bertz CT molecular complexity index is 819. The van der Waals surface area contributed by atoms with Gasteiger partial charge < -0.3 is 4.90 Å². The average Bonchev–Trinajstić information content (AvgIpc) is 3.15. The SMILES string of the molecule is C=CCn1c(SCC(=O)N2CC[C@H]3CCCC[C@H]3C2)nnc1-c1ccccc1. The van der Waals surface area contributed by atoms with Crippen molar-refractivity contribution >= 4 is 17.7 Å². The Morgan fingerprint density at radius 3 is 2.71 bits per heavy atom. The number of benzene rings is 1. The molecule has 1 aliphatic carbocycles. The minimum atomic E-state index is 0.225. The summed E-state index contributed by atoms with van der Waals surface area (Å²) in [6, 6.07) is 10.0. The van der Waals surface area contributed by atoms with Crippen molar-refractivity contribution in [2.24, 2.45) is 11.8 Å². The van der Waals surface area contributed by atoms with Crippen LogP contribution < -0.4 is 0 Å². The summed E-state index contributed by atoms with van der Waals surface area (Å²) >= 11 is 1.48. The molecule has 1 amide bonds. The van der Waals surface area contributed by atoms with Gasteiger partial charge in [-0.3, -0.25) is 9.36 Å². The molecule has 0 radical (unpaired) electrons. The number of piperidine rings is 1. The minimum Gasteiger partial charge on any atom is -0.342 e. The van der Waals surface area contributed by atoms with E-state index in [0.717, 1.165) is 35.6 Å². The van der Waals surface area contributed by atoms with Crippen LogP contribution in [0.1, 0.15) is 32.1 Å². The van der Waals surface area contributed by atoms with Crippen LogP contribution in [0.5, 0.6) is 0 Å². The fraction of sp³-hybridized carbons (Fsp3) is 0.500. The zero-order valence-corrected chi connectivity index (χ0v) is 17.1. The molecule has 2 atom stereocenters. The van der Waals surface area contributed by atoms with E-state index >= 15 is 0 Å². The summed E-state index contributed by atoms with van der Waals surface area (Å²) in [5.74, 6) is 3.02. The van der Waals surface area contributed by atoms with E-state index < -0.39 is 0 Å². The van der Waals surface area contributed by atoms with Crippen LogP contribution in [0, 0.1) is 11.8 Å². The van der Waals surface area contributed by atoms with E-state index in [-0.39, 0.29) is 5.91 Å². The van der Waals surface area contributed by atoms with Crippen LogP contribution in [0.25, 0.3) is 11.4 Å². The second kappa shape index (κ2) is 8.95. The van der Waals surface area contributed by atoms with E-state index in [4.69, 9.17) is 0 Å². The molecule has 1 saturated heterocycles. The Hall–Kier alpha value is -2.08. The van der Waals surface area contributed by atoms with Gasteiger partial charge in [-0.15, -0.1) is 16.8 Å². The summed E-state index contributed by atoms with van der Waals surface area (Å²) in [4.78, 5) is 14.9. The molecular weight excluding hydrogens is 368 g/mol. The fourth-order valence-corrected chi connectivity index (χ4v) is 5.39. The lowest BCUT2D eigenvalue weighted by Crippen LogP contribution is -2.45. The smallest absolute Gasteiger partial charge is 0.233 e. The van der Waals surface area contributed by atoms with E-state index in [9.17, 15) is 4.79 Å². The molecule has 2 aliphatic rings. The van der Waals surface area contributed by atoms with Crippen LogP contribution >= 0.6 is 11.8 Å². The summed E-state index contributed by atoms with van der Waals surface area (Å²) in [6.45, 7) is 6.34. The maximum Gasteiger partial charge on any atom is 0.233 e. The van der Waals surface area contributed by atoms with Crippen molar-refractivity contribution in [2.45, 2.75) is 43.8 Å². The van der Waals surface area contributed by atoms with Gasteiger partial charge in [0.1, 0.15) is 0 Å². The first-order valence-electron chi connectivity index (χ1n) is 10.3. The molecule has 2 fully saturated rings. The predicted molar refractivity (Wildman–Crippen MR) is 113 cm³/mol. The number of fused-ring (bicyclic) bond motifs is 1. The second-order valence-electron chi connectivity index (χ2n) is 7.79. The lowest BCUT2D eigenvalue weighted by molar-refractivity contribution is -0.131. The summed E-state index contributed by atoms with van der Waals surface area (Å²) < 4.78 is 2.04. The lowest BCUT2D eigenvalue weighted by Gasteiger charge is -2.41. The summed E-state index contributed by atoms with van der Waals surface area (Å²) in [5.41, 5.74) is 1.02. The van der Waals surface area contributed by atoms with Crippen LogP contribution in [0.3, 0.4) is 0 Å². The van der Waals surface area contributed by atoms with Crippen molar-refractivity contribution in [3.63, 3.8) is 0 Å². The first kappa shape index (κ1) is 19.2. The molecule has 5 nitrogen and oxygen atoms in total. The summed E-state index contributed by atoms with van der Waals surface area (Å²) in [6.07, 6.45) is 8.35. The van der Waals surface area contributed by atoms with Crippen LogP contribution in [-0.4, -0.2) is 44.4 Å². The third kappa shape index (κ3) is 4.17.